The Morgan fingerprint density at radius 3 is 2.33 bits per heavy atom. The maximum atomic E-state index is 12.1. The summed E-state index contributed by atoms with van der Waals surface area (Å²) in [6.45, 7) is 3.82. The van der Waals surface area contributed by atoms with Gasteiger partial charge in [0.2, 0.25) is 0 Å². The first-order valence-electron chi connectivity index (χ1n) is 5.87. The molecular formula is C11H20N4O3. The van der Waals surface area contributed by atoms with E-state index < -0.39 is 5.91 Å². The number of aliphatic hydroxyl groups is 2. The molecule has 0 spiro atoms. The molecule has 0 unspecified atom stereocenters. The average Bonchev–Trinajstić information content (AvgIpc) is 2.70. The number of rotatable bonds is 6. The molecule has 0 aromatic carbocycles. The van der Waals surface area contributed by atoms with Crippen molar-refractivity contribution in [1.82, 2.24) is 15.1 Å². The second-order valence-electron chi connectivity index (χ2n) is 4.29. The van der Waals surface area contributed by atoms with Crippen LogP contribution in [0.25, 0.3) is 0 Å². The van der Waals surface area contributed by atoms with Gasteiger partial charge in [-0.15, -0.1) is 0 Å². The lowest BCUT2D eigenvalue weighted by atomic mass is 10.1. The van der Waals surface area contributed by atoms with Crippen molar-refractivity contribution in [3.05, 3.63) is 11.4 Å². The Labute approximate surface area is 106 Å². The second kappa shape index (κ2) is 6.36. The van der Waals surface area contributed by atoms with E-state index in [1.807, 2.05) is 13.8 Å². The van der Waals surface area contributed by atoms with Crippen molar-refractivity contribution in [2.45, 2.75) is 19.8 Å². The third-order valence-corrected chi connectivity index (χ3v) is 2.64. The van der Waals surface area contributed by atoms with Gasteiger partial charge in [-0.05, 0) is 5.92 Å². The highest BCUT2D eigenvalue weighted by molar-refractivity contribution is 5.97. The molecule has 0 aliphatic rings. The largest absolute Gasteiger partial charge is 0.395 e. The molecule has 0 radical (unpaired) electrons. The van der Waals surface area contributed by atoms with E-state index in [1.54, 1.807) is 0 Å². The van der Waals surface area contributed by atoms with Crippen LogP contribution in [0.5, 0.6) is 0 Å². The molecule has 0 aliphatic heterocycles. The molecular weight excluding hydrogens is 236 g/mol. The number of aromatic amines is 1. The van der Waals surface area contributed by atoms with E-state index in [1.165, 1.54) is 4.90 Å². The highest BCUT2D eigenvalue weighted by Crippen LogP contribution is 2.22. The Morgan fingerprint density at radius 1 is 1.39 bits per heavy atom. The predicted octanol–water partition coefficient (Wildman–Crippen LogP) is -0.458. The first-order chi connectivity index (χ1) is 8.52. The van der Waals surface area contributed by atoms with Crippen LogP contribution in [0.2, 0.25) is 0 Å². The molecule has 7 heteroatoms. The van der Waals surface area contributed by atoms with Crippen LogP contribution in [0.15, 0.2) is 0 Å². The van der Waals surface area contributed by atoms with Crippen LogP contribution in [0.3, 0.4) is 0 Å². The van der Waals surface area contributed by atoms with Gasteiger partial charge in [0, 0.05) is 13.1 Å². The second-order valence-corrected chi connectivity index (χ2v) is 4.29. The number of nitrogen functional groups attached to an aromatic ring is 1. The maximum Gasteiger partial charge on any atom is 0.276 e. The Morgan fingerprint density at radius 2 is 1.94 bits per heavy atom. The van der Waals surface area contributed by atoms with Gasteiger partial charge in [0.25, 0.3) is 5.91 Å². The van der Waals surface area contributed by atoms with Crippen molar-refractivity contribution < 1.29 is 15.0 Å². The van der Waals surface area contributed by atoms with Gasteiger partial charge in [0.1, 0.15) is 0 Å². The molecule has 0 atom stereocenters. The zero-order valence-electron chi connectivity index (χ0n) is 10.7. The van der Waals surface area contributed by atoms with Crippen molar-refractivity contribution in [2.24, 2.45) is 0 Å². The minimum atomic E-state index is -0.390. The highest BCUT2D eigenvalue weighted by atomic mass is 16.3. The molecule has 1 heterocycles. The zero-order chi connectivity index (χ0) is 13.7. The lowest BCUT2D eigenvalue weighted by Gasteiger charge is -2.19. The third-order valence-electron chi connectivity index (χ3n) is 2.64. The molecule has 1 rings (SSSR count). The molecule has 0 saturated carbocycles. The summed E-state index contributed by atoms with van der Waals surface area (Å²) in [5, 5.41) is 24.4. The first kappa shape index (κ1) is 14.5. The van der Waals surface area contributed by atoms with E-state index in [-0.39, 0.29) is 37.9 Å². The molecule has 7 nitrogen and oxygen atoms in total. The predicted molar refractivity (Wildman–Crippen MR) is 67.2 cm³/mol. The Bertz CT molecular complexity index is 397. The van der Waals surface area contributed by atoms with E-state index in [0.717, 1.165) is 0 Å². The van der Waals surface area contributed by atoms with Gasteiger partial charge in [-0.3, -0.25) is 9.89 Å². The molecule has 1 aromatic rings. The number of nitrogens with two attached hydrogens (primary N) is 1. The van der Waals surface area contributed by atoms with E-state index >= 15 is 0 Å². The highest BCUT2D eigenvalue weighted by Gasteiger charge is 2.23. The average molecular weight is 256 g/mol. The standard InChI is InChI=1S/C11H20N4O3/c1-7(2)9-8(12)10(14-13-9)11(18)15(3-5-16)4-6-17/h7,16-17H,3-6,12H2,1-2H3,(H,13,14). The number of H-pyrrole nitrogens is 1. The van der Waals surface area contributed by atoms with Crippen LogP contribution < -0.4 is 5.73 Å². The summed E-state index contributed by atoms with van der Waals surface area (Å²) in [7, 11) is 0. The number of hydrogen-bond donors (Lipinski definition) is 4. The van der Waals surface area contributed by atoms with Gasteiger partial charge in [-0.1, -0.05) is 13.8 Å². The van der Waals surface area contributed by atoms with Gasteiger partial charge in [-0.2, -0.15) is 5.10 Å². The lowest BCUT2D eigenvalue weighted by molar-refractivity contribution is 0.0680. The van der Waals surface area contributed by atoms with Crippen LogP contribution in [0.1, 0.15) is 35.9 Å². The Kier molecular flexibility index (Phi) is 5.11. The minimum Gasteiger partial charge on any atom is -0.395 e. The Balaban J connectivity index is 2.94. The summed E-state index contributed by atoms with van der Waals surface area (Å²) in [6.07, 6.45) is 0. The topological polar surface area (TPSA) is 115 Å². The number of aliphatic hydroxyl groups excluding tert-OH is 2. The number of anilines is 1. The fourth-order valence-electron chi connectivity index (χ4n) is 1.67. The first-order valence-corrected chi connectivity index (χ1v) is 5.87. The molecule has 0 bridgehead atoms. The van der Waals surface area contributed by atoms with Gasteiger partial charge in [0.05, 0.1) is 24.6 Å². The van der Waals surface area contributed by atoms with Crippen molar-refractivity contribution in [3.8, 4) is 0 Å². The van der Waals surface area contributed by atoms with Gasteiger partial charge < -0.3 is 20.8 Å². The molecule has 5 N–H and O–H groups in total. The number of nitrogens with one attached hydrogen (secondary N) is 1. The summed E-state index contributed by atoms with van der Waals surface area (Å²) >= 11 is 0. The number of hydrogen-bond acceptors (Lipinski definition) is 5. The smallest absolute Gasteiger partial charge is 0.276 e. The zero-order valence-corrected chi connectivity index (χ0v) is 10.7. The minimum absolute atomic E-state index is 0.139. The van der Waals surface area contributed by atoms with E-state index in [9.17, 15) is 4.79 Å². The summed E-state index contributed by atoms with van der Waals surface area (Å²) in [4.78, 5) is 13.4. The number of carbonyl (C=O) groups is 1. The van der Waals surface area contributed by atoms with Gasteiger partial charge >= 0.3 is 0 Å². The molecule has 1 aromatic heterocycles. The molecule has 1 amide bonds. The maximum absolute atomic E-state index is 12.1. The number of amides is 1. The molecule has 0 saturated heterocycles. The molecule has 102 valence electrons. The number of carbonyl (C=O) groups excluding carboxylic acids is 1. The van der Waals surface area contributed by atoms with E-state index in [4.69, 9.17) is 15.9 Å². The van der Waals surface area contributed by atoms with Gasteiger partial charge in [0.15, 0.2) is 5.69 Å². The van der Waals surface area contributed by atoms with E-state index in [2.05, 4.69) is 10.2 Å². The summed E-state index contributed by atoms with van der Waals surface area (Å²) < 4.78 is 0. The van der Waals surface area contributed by atoms with Crippen LogP contribution in [0, 0.1) is 0 Å². The van der Waals surface area contributed by atoms with Gasteiger partial charge in [-0.25, -0.2) is 0 Å². The monoisotopic (exact) mass is 256 g/mol. The number of nitrogens with zero attached hydrogens (tertiary/aromatic N) is 2. The molecule has 0 aliphatic carbocycles. The number of aromatic nitrogens is 2. The fraction of sp³-hybridized carbons (Fsp3) is 0.636. The normalized spacial score (nSPS) is 10.9. The quantitative estimate of drug-likeness (QED) is 0.550. The van der Waals surface area contributed by atoms with Crippen LogP contribution >= 0.6 is 0 Å². The van der Waals surface area contributed by atoms with Crippen LogP contribution in [0.4, 0.5) is 5.69 Å². The van der Waals surface area contributed by atoms with Crippen molar-refractivity contribution in [3.63, 3.8) is 0 Å². The molecule has 18 heavy (non-hydrogen) atoms. The van der Waals surface area contributed by atoms with Crippen molar-refractivity contribution in [1.29, 1.82) is 0 Å². The van der Waals surface area contributed by atoms with Crippen LogP contribution in [-0.2, 0) is 0 Å². The summed E-state index contributed by atoms with van der Waals surface area (Å²) in [5.41, 5.74) is 7.05. The summed E-state index contributed by atoms with van der Waals surface area (Å²) in [5.74, 6) is -0.248. The van der Waals surface area contributed by atoms with Crippen molar-refractivity contribution in [2.75, 3.05) is 32.0 Å². The van der Waals surface area contributed by atoms with E-state index in [0.29, 0.717) is 11.4 Å². The lowest BCUT2D eigenvalue weighted by Crippen LogP contribution is -2.36. The van der Waals surface area contributed by atoms with Crippen LogP contribution in [-0.4, -0.2) is 57.5 Å². The van der Waals surface area contributed by atoms with Crippen molar-refractivity contribution >= 4 is 11.6 Å². The third kappa shape index (κ3) is 2.99. The summed E-state index contributed by atoms with van der Waals surface area (Å²) in [6, 6.07) is 0. The molecule has 0 fully saturated rings. The Hall–Kier alpha value is -1.60. The fourth-order valence-corrected chi connectivity index (χ4v) is 1.67. The SMILES string of the molecule is CC(C)c1[nH]nc(C(=O)N(CCO)CCO)c1N.